The first-order valence-electron chi connectivity index (χ1n) is 10.8. The largest absolute Gasteiger partial charge is 0.480 e. The molecule has 31 heavy (non-hydrogen) atoms. The van der Waals surface area contributed by atoms with Crippen molar-refractivity contribution in [2.24, 2.45) is 28.2 Å². The number of benzene rings is 1. The summed E-state index contributed by atoms with van der Waals surface area (Å²) in [6, 6.07) is 7.25. The van der Waals surface area contributed by atoms with Crippen LogP contribution in [0, 0.1) is 34.6 Å². The van der Waals surface area contributed by atoms with Gasteiger partial charge in [-0.3, -0.25) is 10.3 Å². The molecule has 5 rings (SSSR count). The molecule has 4 aliphatic rings. The van der Waals surface area contributed by atoms with Gasteiger partial charge < -0.3 is 9.84 Å². The average Bonchev–Trinajstić information content (AvgIpc) is 2.69. The average molecular weight is 442 g/mol. The summed E-state index contributed by atoms with van der Waals surface area (Å²) in [7, 11) is 0. The summed E-state index contributed by atoms with van der Waals surface area (Å²) in [6.45, 7) is 3.80. The minimum Gasteiger partial charge on any atom is -0.480 e. The van der Waals surface area contributed by atoms with E-state index in [2.05, 4.69) is 5.32 Å². The number of hydrogen-bond acceptors (Lipinski definition) is 4. The van der Waals surface area contributed by atoms with Gasteiger partial charge in [-0.15, -0.1) is 0 Å². The number of carbonyl (C=O) groups is 1. The summed E-state index contributed by atoms with van der Waals surface area (Å²) in [6.07, 6.45) is 10.5. The van der Waals surface area contributed by atoms with Crippen LogP contribution in [-0.4, -0.2) is 28.6 Å². The van der Waals surface area contributed by atoms with Gasteiger partial charge in [0.1, 0.15) is 5.75 Å². The van der Waals surface area contributed by atoms with Gasteiger partial charge in [-0.1, -0.05) is 17.7 Å². The molecule has 2 atom stereocenters. The third-order valence-corrected chi connectivity index (χ3v) is 7.31. The minimum absolute atomic E-state index is 0.0148. The van der Waals surface area contributed by atoms with E-state index in [1.165, 1.54) is 6.08 Å². The van der Waals surface area contributed by atoms with E-state index in [1.807, 2.05) is 26.1 Å². The van der Waals surface area contributed by atoms with E-state index in [0.29, 0.717) is 34.4 Å². The molecule has 4 saturated carbocycles. The first-order chi connectivity index (χ1) is 14.7. The summed E-state index contributed by atoms with van der Waals surface area (Å²) in [5, 5.41) is 21.9. The van der Waals surface area contributed by atoms with E-state index < -0.39 is 11.6 Å². The highest BCUT2D eigenvalue weighted by Crippen LogP contribution is 2.61. The molecule has 0 saturated heterocycles. The van der Waals surface area contributed by atoms with Gasteiger partial charge >= 0.3 is 5.97 Å². The first-order valence-corrected chi connectivity index (χ1v) is 11.2. The molecule has 4 bridgehead atoms. The molecule has 2 N–H and O–H groups in total. The molecule has 0 aliphatic heterocycles. The quantitative estimate of drug-likeness (QED) is 0.217. The van der Waals surface area contributed by atoms with Crippen LogP contribution < -0.4 is 10.1 Å². The molecule has 0 radical (unpaired) electrons. The van der Waals surface area contributed by atoms with Crippen LogP contribution in [0.1, 0.15) is 46.0 Å². The molecule has 0 heterocycles. The lowest BCUT2D eigenvalue weighted by Gasteiger charge is -2.58. The fraction of sp³-hybridized carbons (Fsp3) is 0.542. The molecule has 2 unspecified atom stereocenters. The Kier molecular flexibility index (Phi) is 5.74. The molecule has 7 heteroatoms. The van der Waals surface area contributed by atoms with Gasteiger partial charge in [-0.2, -0.15) is 5.26 Å². The van der Waals surface area contributed by atoms with Crippen LogP contribution in [0.4, 0.5) is 0 Å². The molecule has 4 fully saturated rings. The Balaban J connectivity index is 1.57. The maximum absolute atomic E-state index is 11.1. The number of hydrogen-bond donors (Lipinski definition) is 2. The van der Waals surface area contributed by atoms with Gasteiger partial charge in [0, 0.05) is 11.1 Å². The fourth-order valence-corrected chi connectivity index (χ4v) is 6.24. The molecule has 0 aromatic heterocycles. The van der Waals surface area contributed by atoms with Crippen LogP contribution in [0.2, 0.25) is 5.02 Å². The summed E-state index contributed by atoms with van der Waals surface area (Å²) >= 11 is 5.97. The zero-order chi connectivity index (χ0) is 22.2. The standard InChI is InChI=1S/C24H28ClN3O3/c1-23(2,31-19-5-3-18(25)4-6-19)22(27-14-26)28-21-16-9-15-10-17(21)13-24(11-15,12-16)8-7-20(29)30/h3-8,15-17,21H,9-13H2,1-2H3,(H,27,28)(H,29,30). The van der Waals surface area contributed by atoms with Crippen LogP contribution in [0.25, 0.3) is 0 Å². The second-order valence-electron chi connectivity index (χ2n) is 9.78. The summed E-state index contributed by atoms with van der Waals surface area (Å²) in [5.41, 5.74) is -0.835. The maximum Gasteiger partial charge on any atom is 0.327 e. The second kappa shape index (κ2) is 8.20. The lowest BCUT2D eigenvalue weighted by Crippen LogP contribution is -2.54. The number of carboxylic acids is 1. The maximum atomic E-state index is 11.1. The Morgan fingerprint density at radius 3 is 2.52 bits per heavy atom. The fourth-order valence-electron chi connectivity index (χ4n) is 6.11. The Morgan fingerprint density at radius 1 is 1.29 bits per heavy atom. The number of allylic oxidation sites excluding steroid dienone is 1. The molecule has 6 nitrogen and oxygen atoms in total. The number of nitriles is 1. The van der Waals surface area contributed by atoms with Crippen molar-refractivity contribution in [2.75, 3.05) is 0 Å². The Morgan fingerprint density at radius 2 is 1.94 bits per heavy atom. The topological polar surface area (TPSA) is 94.7 Å². The molecular formula is C24H28ClN3O3. The van der Waals surface area contributed by atoms with E-state index in [1.54, 1.807) is 24.3 Å². The Hall–Kier alpha value is -2.52. The highest BCUT2D eigenvalue weighted by molar-refractivity contribution is 6.30. The number of ether oxygens (including phenoxy) is 1. The lowest BCUT2D eigenvalue weighted by molar-refractivity contribution is -0.131. The molecule has 1 aromatic carbocycles. The lowest BCUT2D eigenvalue weighted by atomic mass is 9.48. The predicted octanol–water partition coefficient (Wildman–Crippen LogP) is 4.80. The van der Waals surface area contributed by atoms with E-state index in [0.717, 1.165) is 32.1 Å². The number of rotatable bonds is 6. The summed E-state index contributed by atoms with van der Waals surface area (Å²) < 4.78 is 6.17. The van der Waals surface area contributed by atoms with Gasteiger partial charge in [0.2, 0.25) is 0 Å². The number of amidine groups is 1. The van der Waals surface area contributed by atoms with Crippen molar-refractivity contribution in [3.8, 4) is 11.9 Å². The molecule has 4 aliphatic carbocycles. The smallest absolute Gasteiger partial charge is 0.327 e. The zero-order valence-corrected chi connectivity index (χ0v) is 18.6. The number of carboxylic acid groups (broad SMARTS) is 1. The second-order valence-corrected chi connectivity index (χ2v) is 10.2. The van der Waals surface area contributed by atoms with Crippen molar-refractivity contribution in [1.29, 1.82) is 5.26 Å². The molecular weight excluding hydrogens is 414 g/mol. The van der Waals surface area contributed by atoms with Crippen LogP contribution >= 0.6 is 11.6 Å². The Bertz CT molecular complexity index is 932. The van der Waals surface area contributed by atoms with E-state index in [9.17, 15) is 10.1 Å². The molecule has 0 amide bonds. The molecule has 1 aromatic rings. The molecule has 0 spiro atoms. The van der Waals surface area contributed by atoms with Crippen LogP contribution in [0.5, 0.6) is 5.75 Å². The minimum atomic E-state index is -0.882. The van der Waals surface area contributed by atoms with Crippen molar-refractivity contribution < 1.29 is 14.6 Å². The van der Waals surface area contributed by atoms with E-state index in [4.69, 9.17) is 26.4 Å². The van der Waals surface area contributed by atoms with Crippen molar-refractivity contribution in [2.45, 2.75) is 57.6 Å². The van der Waals surface area contributed by atoms with E-state index in [-0.39, 0.29) is 11.5 Å². The normalized spacial score (nSPS) is 32.1. The van der Waals surface area contributed by atoms with Gasteiger partial charge in [0.05, 0.1) is 6.04 Å². The van der Waals surface area contributed by atoms with Crippen LogP contribution in [0.3, 0.4) is 0 Å². The van der Waals surface area contributed by atoms with Crippen LogP contribution in [-0.2, 0) is 4.79 Å². The number of nitrogens with one attached hydrogen (secondary N) is 1. The highest BCUT2D eigenvalue weighted by atomic mass is 35.5. The van der Waals surface area contributed by atoms with Crippen LogP contribution in [0.15, 0.2) is 41.4 Å². The predicted molar refractivity (Wildman–Crippen MR) is 119 cm³/mol. The van der Waals surface area contributed by atoms with Crippen molar-refractivity contribution in [1.82, 2.24) is 5.32 Å². The van der Waals surface area contributed by atoms with Gasteiger partial charge in [-0.25, -0.2) is 4.79 Å². The third-order valence-electron chi connectivity index (χ3n) is 7.06. The van der Waals surface area contributed by atoms with Gasteiger partial charge in [0.15, 0.2) is 17.6 Å². The SMILES string of the molecule is CC(C)(Oc1ccc(Cl)cc1)C(=NC1C2CC3CC1CC(C=CC(=O)O)(C3)C2)NC#N. The van der Waals surface area contributed by atoms with Crippen molar-refractivity contribution >= 4 is 23.4 Å². The van der Waals surface area contributed by atoms with Crippen molar-refractivity contribution in [3.63, 3.8) is 0 Å². The van der Waals surface area contributed by atoms with E-state index >= 15 is 0 Å². The first kappa shape index (κ1) is 21.7. The summed E-state index contributed by atoms with van der Waals surface area (Å²) in [4.78, 5) is 16.2. The number of halogens is 1. The number of aliphatic imine (C=N–C) groups is 1. The van der Waals surface area contributed by atoms with Gasteiger partial charge in [0.25, 0.3) is 0 Å². The molecule has 164 valence electrons. The monoisotopic (exact) mass is 441 g/mol. The van der Waals surface area contributed by atoms with Gasteiger partial charge in [-0.05, 0) is 93.4 Å². The number of aliphatic carboxylic acids is 1. The van der Waals surface area contributed by atoms with Crippen molar-refractivity contribution in [3.05, 3.63) is 41.4 Å². The Labute approximate surface area is 188 Å². The number of nitrogens with zero attached hydrogens (tertiary/aromatic N) is 2. The summed E-state index contributed by atoms with van der Waals surface area (Å²) in [5.74, 6) is 1.72. The third kappa shape index (κ3) is 4.57. The highest BCUT2D eigenvalue weighted by Gasteiger charge is 2.54. The zero-order valence-electron chi connectivity index (χ0n) is 17.8.